The van der Waals surface area contributed by atoms with Gasteiger partial charge in [0.2, 0.25) is 5.95 Å². The normalized spacial score (nSPS) is 18.4. The van der Waals surface area contributed by atoms with Gasteiger partial charge in [-0.05, 0) is 46.6 Å². The van der Waals surface area contributed by atoms with E-state index in [1.54, 1.807) is 6.20 Å². The Morgan fingerprint density at radius 1 is 1.35 bits per heavy atom. The SMILES string of the molecule is CC(C)N(CCNc1ccnc(N2CCCC2CO)n1)C(C)C. The van der Waals surface area contributed by atoms with E-state index in [1.807, 2.05) is 6.07 Å². The first-order chi connectivity index (χ1) is 11.0. The lowest BCUT2D eigenvalue weighted by atomic mass is 10.2. The summed E-state index contributed by atoms with van der Waals surface area (Å²) in [4.78, 5) is 13.6. The Balaban J connectivity index is 1.92. The molecule has 23 heavy (non-hydrogen) atoms. The standard InChI is InChI=1S/C17H31N5O/c1-13(2)21(14(3)4)11-9-18-16-7-8-19-17(20-16)22-10-5-6-15(22)12-23/h7-8,13-15,23H,5-6,9-12H2,1-4H3,(H,18,19,20). The van der Waals surface area contributed by atoms with Crippen LogP contribution in [-0.2, 0) is 0 Å². The maximum Gasteiger partial charge on any atom is 0.227 e. The molecular weight excluding hydrogens is 290 g/mol. The van der Waals surface area contributed by atoms with E-state index >= 15 is 0 Å². The van der Waals surface area contributed by atoms with E-state index in [1.165, 1.54) is 0 Å². The van der Waals surface area contributed by atoms with Crippen LogP contribution in [0.2, 0.25) is 0 Å². The average molecular weight is 321 g/mol. The Hall–Kier alpha value is -1.40. The lowest BCUT2D eigenvalue weighted by Gasteiger charge is -2.30. The molecule has 130 valence electrons. The molecule has 1 aromatic heterocycles. The van der Waals surface area contributed by atoms with Crippen LogP contribution in [0.25, 0.3) is 0 Å². The molecule has 0 bridgehead atoms. The van der Waals surface area contributed by atoms with Gasteiger partial charge in [-0.1, -0.05) is 0 Å². The predicted molar refractivity (Wildman–Crippen MR) is 95.0 cm³/mol. The van der Waals surface area contributed by atoms with Crippen molar-refractivity contribution in [2.24, 2.45) is 0 Å². The largest absolute Gasteiger partial charge is 0.394 e. The highest BCUT2D eigenvalue weighted by molar-refractivity contribution is 5.42. The number of aliphatic hydroxyl groups is 1. The highest BCUT2D eigenvalue weighted by Crippen LogP contribution is 2.22. The molecule has 1 unspecified atom stereocenters. The van der Waals surface area contributed by atoms with Crippen molar-refractivity contribution in [1.82, 2.24) is 14.9 Å². The van der Waals surface area contributed by atoms with Crippen molar-refractivity contribution < 1.29 is 5.11 Å². The Morgan fingerprint density at radius 2 is 2.09 bits per heavy atom. The van der Waals surface area contributed by atoms with E-state index < -0.39 is 0 Å². The molecule has 1 aromatic rings. The van der Waals surface area contributed by atoms with Crippen LogP contribution >= 0.6 is 0 Å². The lowest BCUT2D eigenvalue weighted by molar-refractivity contribution is 0.182. The fourth-order valence-corrected chi connectivity index (χ4v) is 3.30. The minimum Gasteiger partial charge on any atom is -0.394 e. The molecule has 1 aliphatic heterocycles. The summed E-state index contributed by atoms with van der Waals surface area (Å²) < 4.78 is 0. The van der Waals surface area contributed by atoms with Gasteiger partial charge in [0, 0.05) is 37.9 Å². The topological polar surface area (TPSA) is 64.5 Å². The summed E-state index contributed by atoms with van der Waals surface area (Å²) in [6.07, 6.45) is 3.89. The maximum absolute atomic E-state index is 9.46. The van der Waals surface area contributed by atoms with Gasteiger partial charge in [-0.3, -0.25) is 4.90 Å². The van der Waals surface area contributed by atoms with Crippen LogP contribution in [0, 0.1) is 0 Å². The molecule has 0 aliphatic carbocycles. The molecule has 1 aliphatic rings. The molecule has 2 rings (SSSR count). The summed E-state index contributed by atoms with van der Waals surface area (Å²) in [6.45, 7) is 11.8. The Morgan fingerprint density at radius 3 is 2.74 bits per heavy atom. The molecular formula is C17H31N5O. The summed E-state index contributed by atoms with van der Waals surface area (Å²) in [7, 11) is 0. The first kappa shape index (κ1) is 17.9. The number of hydrogen-bond acceptors (Lipinski definition) is 6. The third-order valence-corrected chi connectivity index (χ3v) is 4.49. The predicted octanol–water partition coefficient (Wildman–Crippen LogP) is 1.97. The molecule has 1 saturated heterocycles. The second-order valence-corrected chi connectivity index (χ2v) is 6.77. The molecule has 2 heterocycles. The van der Waals surface area contributed by atoms with Crippen molar-refractivity contribution in [3.8, 4) is 0 Å². The first-order valence-electron chi connectivity index (χ1n) is 8.73. The van der Waals surface area contributed by atoms with E-state index in [9.17, 15) is 5.11 Å². The van der Waals surface area contributed by atoms with Crippen molar-refractivity contribution in [3.05, 3.63) is 12.3 Å². The van der Waals surface area contributed by atoms with Crippen LogP contribution in [0.4, 0.5) is 11.8 Å². The van der Waals surface area contributed by atoms with Gasteiger partial charge < -0.3 is 15.3 Å². The Kier molecular flexibility index (Phi) is 6.59. The van der Waals surface area contributed by atoms with Crippen molar-refractivity contribution in [1.29, 1.82) is 0 Å². The molecule has 2 N–H and O–H groups in total. The Bertz CT molecular complexity index is 472. The van der Waals surface area contributed by atoms with Gasteiger partial charge >= 0.3 is 0 Å². The van der Waals surface area contributed by atoms with E-state index in [2.05, 4.69) is 52.8 Å². The number of nitrogens with one attached hydrogen (secondary N) is 1. The lowest BCUT2D eigenvalue weighted by Crippen LogP contribution is -2.40. The zero-order valence-corrected chi connectivity index (χ0v) is 14.9. The number of nitrogens with zero attached hydrogens (tertiary/aromatic N) is 4. The minimum absolute atomic E-state index is 0.155. The summed E-state index contributed by atoms with van der Waals surface area (Å²) in [5.41, 5.74) is 0. The molecule has 0 saturated carbocycles. The van der Waals surface area contributed by atoms with Crippen LogP contribution in [0.5, 0.6) is 0 Å². The van der Waals surface area contributed by atoms with Gasteiger partial charge in [0.05, 0.1) is 12.6 Å². The third kappa shape index (κ3) is 4.78. The number of aromatic nitrogens is 2. The van der Waals surface area contributed by atoms with Crippen molar-refractivity contribution in [2.75, 3.05) is 36.5 Å². The smallest absolute Gasteiger partial charge is 0.227 e. The van der Waals surface area contributed by atoms with Gasteiger partial charge in [-0.15, -0.1) is 0 Å². The summed E-state index contributed by atoms with van der Waals surface area (Å²) in [5.74, 6) is 1.57. The molecule has 6 nitrogen and oxygen atoms in total. The van der Waals surface area contributed by atoms with Crippen LogP contribution in [-0.4, -0.2) is 64.3 Å². The van der Waals surface area contributed by atoms with Crippen molar-refractivity contribution in [3.63, 3.8) is 0 Å². The number of hydrogen-bond donors (Lipinski definition) is 2. The molecule has 0 spiro atoms. The fourth-order valence-electron chi connectivity index (χ4n) is 3.30. The molecule has 0 amide bonds. The first-order valence-corrected chi connectivity index (χ1v) is 8.73. The molecule has 0 aromatic carbocycles. The summed E-state index contributed by atoms with van der Waals surface area (Å²) >= 11 is 0. The fraction of sp³-hybridized carbons (Fsp3) is 0.765. The monoisotopic (exact) mass is 321 g/mol. The summed E-state index contributed by atoms with van der Waals surface area (Å²) in [5, 5.41) is 12.9. The van der Waals surface area contributed by atoms with Gasteiger partial charge in [-0.2, -0.15) is 4.98 Å². The number of anilines is 2. The molecule has 6 heteroatoms. The zero-order valence-electron chi connectivity index (χ0n) is 14.9. The molecule has 0 radical (unpaired) electrons. The van der Waals surface area contributed by atoms with E-state index in [0.29, 0.717) is 12.1 Å². The van der Waals surface area contributed by atoms with Gasteiger partial charge in [0.15, 0.2) is 0 Å². The van der Waals surface area contributed by atoms with Crippen LogP contribution in [0.15, 0.2) is 12.3 Å². The summed E-state index contributed by atoms with van der Waals surface area (Å²) in [6, 6.07) is 3.13. The number of aliphatic hydroxyl groups excluding tert-OH is 1. The van der Waals surface area contributed by atoms with Crippen LogP contribution in [0.3, 0.4) is 0 Å². The van der Waals surface area contributed by atoms with E-state index in [0.717, 1.165) is 44.2 Å². The maximum atomic E-state index is 9.46. The van der Waals surface area contributed by atoms with E-state index in [4.69, 9.17) is 0 Å². The van der Waals surface area contributed by atoms with E-state index in [-0.39, 0.29) is 12.6 Å². The minimum atomic E-state index is 0.155. The highest BCUT2D eigenvalue weighted by Gasteiger charge is 2.25. The van der Waals surface area contributed by atoms with Gasteiger partial charge in [-0.25, -0.2) is 4.98 Å². The van der Waals surface area contributed by atoms with Gasteiger partial charge in [0.1, 0.15) is 5.82 Å². The van der Waals surface area contributed by atoms with Crippen LogP contribution in [0.1, 0.15) is 40.5 Å². The zero-order chi connectivity index (χ0) is 16.8. The van der Waals surface area contributed by atoms with Gasteiger partial charge in [0.25, 0.3) is 0 Å². The van der Waals surface area contributed by atoms with Crippen molar-refractivity contribution >= 4 is 11.8 Å². The quantitative estimate of drug-likeness (QED) is 0.763. The highest BCUT2D eigenvalue weighted by atomic mass is 16.3. The molecule has 1 fully saturated rings. The third-order valence-electron chi connectivity index (χ3n) is 4.49. The number of rotatable bonds is 8. The second kappa shape index (κ2) is 8.45. The Labute approximate surface area is 139 Å². The second-order valence-electron chi connectivity index (χ2n) is 6.77. The molecule has 1 atom stereocenters. The van der Waals surface area contributed by atoms with Crippen LogP contribution < -0.4 is 10.2 Å². The van der Waals surface area contributed by atoms with Crippen molar-refractivity contribution in [2.45, 2.75) is 58.7 Å². The average Bonchev–Trinajstić information content (AvgIpc) is 2.99.